The molecule has 2 N–H and O–H groups in total. The molecule has 20 heavy (non-hydrogen) atoms. The minimum absolute atomic E-state index is 0.0982. The molecule has 0 spiro atoms. The fourth-order valence-corrected chi connectivity index (χ4v) is 2.49. The first kappa shape index (κ1) is 14.6. The molecule has 1 saturated carbocycles. The van der Waals surface area contributed by atoms with E-state index >= 15 is 0 Å². The summed E-state index contributed by atoms with van der Waals surface area (Å²) < 4.78 is 0. The molecule has 1 aromatic rings. The maximum absolute atomic E-state index is 11.8. The Morgan fingerprint density at radius 1 is 1.40 bits per heavy atom. The van der Waals surface area contributed by atoms with Crippen LogP contribution in [0.4, 0.5) is 5.69 Å². The van der Waals surface area contributed by atoms with E-state index in [1.807, 2.05) is 31.2 Å². The zero-order chi connectivity index (χ0) is 14.4. The quantitative estimate of drug-likeness (QED) is 0.828. The monoisotopic (exact) mass is 273 g/mol. The molecule has 0 aliphatic heterocycles. The average molecular weight is 273 g/mol. The van der Waals surface area contributed by atoms with Crippen molar-refractivity contribution in [2.24, 2.45) is 11.0 Å². The minimum Gasteiger partial charge on any atom is -0.376 e. The highest BCUT2D eigenvalue weighted by molar-refractivity contribution is 5.88. The summed E-state index contributed by atoms with van der Waals surface area (Å²) in [4.78, 5) is 11.8. The zero-order valence-electron chi connectivity index (χ0n) is 12.3. The Hall–Kier alpha value is -1.84. The van der Waals surface area contributed by atoms with Gasteiger partial charge in [-0.1, -0.05) is 25.1 Å². The molecule has 1 aliphatic rings. The van der Waals surface area contributed by atoms with Gasteiger partial charge in [0, 0.05) is 11.4 Å². The van der Waals surface area contributed by atoms with Crippen LogP contribution in [-0.4, -0.2) is 18.2 Å². The van der Waals surface area contributed by atoms with E-state index in [0.29, 0.717) is 5.92 Å². The summed E-state index contributed by atoms with van der Waals surface area (Å²) in [5.41, 5.74) is 5.89. The van der Waals surface area contributed by atoms with Crippen LogP contribution >= 0.6 is 0 Å². The minimum atomic E-state index is -0.0982. The molecule has 1 fully saturated rings. The summed E-state index contributed by atoms with van der Waals surface area (Å²) in [7, 11) is 0. The van der Waals surface area contributed by atoms with E-state index in [1.165, 1.54) is 12.8 Å². The van der Waals surface area contributed by atoms with Crippen molar-refractivity contribution in [2.45, 2.75) is 39.5 Å². The van der Waals surface area contributed by atoms with Crippen molar-refractivity contribution in [2.75, 3.05) is 11.9 Å². The van der Waals surface area contributed by atoms with Gasteiger partial charge in [-0.3, -0.25) is 4.79 Å². The topological polar surface area (TPSA) is 53.5 Å². The number of hydrazone groups is 1. The molecular formula is C16H23N3O. The van der Waals surface area contributed by atoms with Gasteiger partial charge in [-0.25, -0.2) is 5.43 Å². The van der Waals surface area contributed by atoms with E-state index in [1.54, 1.807) is 0 Å². The average Bonchev–Trinajstić information content (AvgIpc) is 2.44. The predicted octanol–water partition coefficient (Wildman–Crippen LogP) is 3.09. The molecule has 0 saturated heterocycles. The molecule has 0 heterocycles. The largest absolute Gasteiger partial charge is 0.376 e. The number of amides is 1. The standard InChI is InChI=1S/C16H23N3O/c1-12-6-5-8-14(10-12)18-19-16(20)11-17-15-9-4-3-7-13(15)2/h3-4,7,9,12,17H,5-6,8,10-11H2,1-2H3,(H,19,20)/t12-/m1/s1. The van der Waals surface area contributed by atoms with Crippen molar-refractivity contribution >= 4 is 17.3 Å². The van der Waals surface area contributed by atoms with Gasteiger partial charge in [0.2, 0.25) is 0 Å². The highest BCUT2D eigenvalue weighted by atomic mass is 16.2. The summed E-state index contributed by atoms with van der Waals surface area (Å²) in [5.74, 6) is 0.587. The number of nitrogens with zero attached hydrogens (tertiary/aromatic N) is 1. The van der Waals surface area contributed by atoms with E-state index in [4.69, 9.17) is 0 Å². The predicted molar refractivity (Wildman–Crippen MR) is 82.9 cm³/mol. The number of carbonyl (C=O) groups is 1. The van der Waals surface area contributed by atoms with Crippen LogP contribution in [0, 0.1) is 12.8 Å². The van der Waals surface area contributed by atoms with Crippen LogP contribution in [0.25, 0.3) is 0 Å². The Kier molecular flexibility index (Phi) is 5.16. The van der Waals surface area contributed by atoms with Gasteiger partial charge in [0.1, 0.15) is 0 Å². The molecule has 0 unspecified atom stereocenters. The summed E-state index contributed by atoms with van der Waals surface area (Å²) >= 11 is 0. The molecule has 4 nitrogen and oxygen atoms in total. The smallest absolute Gasteiger partial charge is 0.259 e. The van der Waals surface area contributed by atoms with Gasteiger partial charge in [-0.05, 0) is 50.2 Å². The van der Waals surface area contributed by atoms with Crippen LogP contribution in [0.5, 0.6) is 0 Å². The number of carbonyl (C=O) groups excluding carboxylic acids is 1. The van der Waals surface area contributed by atoms with Crippen LogP contribution in [0.3, 0.4) is 0 Å². The number of anilines is 1. The number of nitrogens with one attached hydrogen (secondary N) is 2. The Labute approximate surface area is 120 Å². The van der Waals surface area contributed by atoms with E-state index < -0.39 is 0 Å². The first-order chi connectivity index (χ1) is 9.65. The molecule has 1 amide bonds. The molecule has 4 heteroatoms. The molecule has 0 bridgehead atoms. The van der Waals surface area contributed by atoms with Crippen LogP contribution in [0.2, 0.25) is 0 Å². The molecule has 108 valence electrons. The van der Waals surface area contributed by atoms with Crippen molar-refractivity contribution in [3.05, 3.63) is 29.8 Å². The van der Waals surface area contributed by atoms with Crippen LogP contribution in [0.15, 0.2) is 29.4 Å². The third kappa shape index (κ3) is 4.37. The third-order valence-corrected chi connectivity index (χ3v) is 3.67. The molecule has 2 rings (SSSR count). The molecular weight excluding hydrogens is 250 g/mol. The highest BCUT2D eigenvalue weighted by Gasteiger charge is 2.14. The Morgan fingerprint density at radius 2 is 2.20 bits per heavy atom. The van der Waals surface area contributed by atoms with E-state index in [2.05, 4.69) is 22.8 Å². The van der Waals surface area contributed by atoms with E-state index in [0.717, 1.165) is 29.8 Å². The summed E-state index contributed by atoms with van der Waals surface area (Å²) in [6.45, 7) is 4.50. The lowest BCUT2D eigenvalue weighted by Crippen LogP contribution is -2.28. The van der Waals surface area contributed by atoms with Gasteiger partial charge in [0.05, 0.1) is 6.54 Å². The van der Waals surface area contributed by atoms with Crippen molar-refractivity contribution in [1.82, 2.24) is 5.43 Å². The molecule has 0 radical (unpaired) electrons. The molecule has 0 aromatic heterocycles. The number of hydrogen-bond donors (Lipinski definition) is 2. The molecule has 1 aliphatic carbocycles. The SMILES string of the molecule is Cc1ccccc1NCC(=O)NN=C1CCC[C@@H](C)C1. The first-order valence-electron chi connectivity index (χ1n) is 7.29. The number of para-hydroxylation sites is 1. The second-order valence-electron chi connectivity index (χ2n) is 5.58. The van der Waals surface area contributed by atoms with E-state index in [-0.39, 0.29) is 12.5 Å². The third-order valence-electron chi connectivity index (χ3n) is 3.67. The van der Waals surface area contributed by atoms with Gasteiger partial charge in [-0.2, -0.15) is 5.10 Å². The number of rotatable bonds is 4. The maximum atomic E-state index is 11.8. The number of hydrogen-bond acceptors (Lipinski definition) is 3. The van der Waals surface area contributed by atoms with Crippen molar-refractivity contribution in [1.29, 1.82) is 0 Å². The molecule has 1 aromatic carbocycles. The normalized spacial score (nSPS) is 20.7. The fraction of sp³-hybridized carbons (Fsp3) is 0.500. The van der Waals surface area contributed by atoms with Gasteiger partial charge in [-0.15, -0.1) is 0 Å². The van der Waals surface area contributed by atoms with Crippen LogP contribution in [-0.2, 0) is 4.79 Å². The Bertz CT molecular complexity index is 496. The first-order valence-corrected chi connectivity index (χ1v) is 7.29. The van der Waals surface area contributed by atoms with Gasteiger partial charge in [0.25, 0.3) is 5.91 Å². The van der Waals surface area contributed by atoms with Crippen molar-refractivity contribution < 1.29 is 4.79 Å². The van der Waals surface area contributed by atoms with Gasteiger partial charge in [0.15, 0.2) is 0 Å². The van der Waals surface area contributed by atoms with Crippen molar-refractivity contribution in [3.8, 4) is 0 Å². The lowest BCUT2D eigenvalue weighted by Gasteiger charge is -2.19. The number of aryl methyl sites for hydroxylation is 1. The lowest BCUT2D eigenvalue weighted by atomic mass is 9.89. The van der Waals surface area contributed by atoms with Gasteiger partial charge < -0.3 is 5.32 Å². The van der Waals surface area contributed by atoms with Crippen molar-refractivity contribution in [3.63, 3.8) is 0 Å². The lowest BCUT2D eigenvalue weighted by molar-refractivity contribution is -0.119. The van der Waals surface area contributed by atoms with Crippen LogP contribution < -0.4 is 10.7 Å². The Morgan fingerprint density at radius 3 is 2.95 bits per heavy atom. The number of benzene rings is 1. The zero-order valence-corrected chi connectivity index (χ0v) is 12.3. The summed E-state index contributed by atoms with van der Waals surface area (Å²) in [5, 5.41) is 7.37. The maximum Gasteiger partial charge on any atom is 0.259 e. The molecule has 1 atom stereocenters. The summed E-state index contributed by atoms with van der Waals surface area (Å²) in [6, 6.07) is 7.93. The van der Waals surface area contributed by atoms with E-state index in [9.17, 15) is 4.79 Å². The highest BCUT2D eigenvalue weighted by Crippen LogP contribution is 2.20. The summed E-state index contributed by atoms with van der Waals surface area (Å²) in [6.07, 6.45) is 4.46. The van der Waals surface area contributed by atoms with Gasteiger partial charge >= 0.3 is 0 Å². The Balaban J connectivity index is 1.78. The van der Waals surface area contributed by atoms with Crippen LogP contribution in [0.1, 0.15) is 38.2 Å². The second-order valence-corrected chi connectivity index (χ2v) is 5.58. The second kappa shape index (κ2) is 7.08. The fourth-order valence-electron chi connectivity index (χ4n) is 2.49.